The maximum absolute atomic E-state index is 13.9. The summed E-state index contributed by atoms with van der Waals surface area (Å²) >= 11 is 3.60. The number of ether oxygens (including phenoxy) is 4. The third-order valence-corrected chi connectivity index (χ3v) is 5.77. The van der Waals surface area contributed by atoms with E-state index < -0.39 is 0 Å². The van der Waals surface area contributed by atoms with Gasteiger partial charge in [-0.1, -0.05) is 40.2 Å². The number of rotatable bonds is 11. The topological polar surface area (TPSA) is 49.0 Å². The second-order valence-electron chi connectivity index (χ2n) is 7.09. The van der Waals surface area contributed by atoms with E-state index in [4.69, 9.17) is 18.9 Å². The van der Waals surface area contributed by atoms with E-state index >= 15 is 0 Å². The van der Waals surface area contributed by atoms with Gasteiger partial charge in [0.25, 0.3) is 0 Å². The fourth-order valence-electron chi connectivity index (χ4n) is 3.25. The molecule has 0 atom stereocenters. The smallest absolute Gasteiger partial charge is 0.162 e. The van der Waals surface area contributed by atoms with Crippen LogP contribution in [0.15, 0.2) is 59.1 Å². The molecule has 0 aliphatic carbocycles. The van der Waals surface area contributed by atoms with E-state index in [1.165, 1.54) is 6.07 Å². The molecule has 0 fully saturated rings. The van der Waals surface area contributed by atoms with Crippen LogP contribution in [0, 0.1) is 5.82 Å². The highest BCUT2D eigenvalue weighted by molar-refractivity contribution is 9.10. The summed E-state index contributed by atoms with van der Waals surface area (Å²) in [5, 5.41) is 3.45. The lowest BCUT2D eigenvalue weighted by Gasteiger charge is -2.15. The van der Waals surface area contributed by atoms with Crippen molar-refractivity contribution in [3.05, 3.63) is 81.6 Å². The molecule has 1 N–H and O–H groups in total. The second-order valence-corrected chi connectivity index (χ2v) is 7.95. The molecule has 3 rings (SSSR count). The molecule has 0 saturated heterocycles. The average Bonchev–Trinajstić information content (AvgIpc) is 2.82. The van der Waals surface area contributed by atoms with Crippen LogP contribution >= 0.6 is 15.9 Å². The van der Waals surface area contributed by atoms with Gasteiger partial charge < -0.3 is 24.3 Å². The molecule has 0 bridgehead atoms. The zero-order valence-electron chi connectivity index (χ0n) is 18.4. The molecular formula is C25H27BrFNO4. The Hall–Kier alpha value is -2.77. The Morgan fingerprint density at radius 1 is 0.812 bits per heavy atom. The first-order valence-corrected chi connectivity index (χ1v) is 11.0. The van der Waals surface area contributed by atoms with Crippen LogP contribution in [-0.4, -0.2) is 27.9 Å². The van der Waals surface area contributed by atoms with Gasteiger partial charge in [-0.3, -0.25) is 0 Å². The Balaban J connectivity index is 1.58. The molecule has 0 spiro atoms. The van der Waals surface area contributed by atoms with E-state index in [-0.39, 0.29) is 12.4 Å². The Kier molecular flexibility index (Phi) is 8.76. The second kappa shape index (κ2) is 11.7. The third kappa shape index (κ3) is 6.14. The molecule has 3 aromatic rings. The van der Waals surface area contributed by atoms with Crippen LogP contribution in [0.5, 0.6) is 23.0 Å². The zero-order valence-corrected chi connectivity index (χ0v) is 20.0. The standard InChI is InChI=1S/C25H27BrFNO4/c1-29-22-9-8-17(12-23(22)30-2)10-11-28-15-19-13-24(31-3)25(14-20(19)26)32-16-18-6-4-5-7-21(18)27/h4-9,12-14,28H,10-11,15-16H2,1-3H3. The summed E-state index contributed by atoms with van der Waals surface area (Å²) in [6.07, 6.45) is 0.846. The van der Waals surface area contributed by atoms with Crippen molar-refractivity contribution < 1.29 is 23.3 Å². The molecule has 3 aromatic carbocycles. The molecule has 0 saturated carbocycles. The predicted octanol–water partition coefficient (Wildman–Crippen LogP) is 5.53. The Labute approximate surface area is 196 Å². The number of nitrogens with one attached hydrogen (secondary N) is 1. The largest absolute Gasteiger partial charge is 0.493 e. The summed E-state index contributed by atoms with van der Waals surface area (Å²) < 4.78 is 36.7. The molecule has 0 aromatic heterocycles. The highest BCUT2D eigenvalue weighted by atomic mass is 79.9. The molecule has 0 aliphatic rings. The molecule has 7 heteroatoms. The van der Waals surface area contributed by atoms with Crippen molar-refractivity contribution in [3.63, 3.8) is 0 Å². The van der Waals surface area contributed by atoms with Gasteiger partial charge in [-0.2, -0.15) is 0 Å². The summed E-state index contributed by atoms with van der Waals surface area (Å²) in [5.74, 6) is 2.31. The molecule has 0 heterocycles. The Morgan fingerprint density at radius 2 is 1.53 bits per heavy atom. The van der Waals surface area contributed by atoms with Crippen LogP contribution in [0.2, 0.25) is 0 Å². The van der Waals surface area contributed by atoms with Gasteiger partial charge in [0.2, 0.25) is 0 Å². The van der Waals surface area contributed by atoms with Gasteiger partial charge in [-0.15, -0.1) is 0 Å². The van der Waals surface area contributed by atoms with E-state index in [2.05, 4.69) is 21.2 Å². The van der Waals surface area contributed by atoms with Gasteiger partial charge in [0.05, 0.1) is 21.3 Å². The summed E-state index contributed by atoms with van der Waals surface area (Å²) in [6, 6.07) is 16.3. The van der Waals surface area contributed by atoms with Crippen molar-refractivity contribution >= 4 is 15.9 Å². The molecule has 5 nitrogen and oxygen atoms in total. The van der Waals surface area contributed by atoms with Crippen LogP contribution in [0.3, 0.4) is 0 Å². The minimum Gasteiger partial charge on any atom is -0.493 e. The van der Waals surface area contributed by atoms with Gasteiger partial charge in [0.1, 0.15) is 12.4 Å². The van der Waals surface area contributed by atoms with Crippen LogP contribution in [0.25, 0.3) is 0 Å². The molecule has 0 aliphatic heterocycles. The summed E-state index contributed by atoms with van der Waals surface area (Å²) in [4.78, 5) is 0. The summed E-state index contributed by atoms with van der Waals surface area (Å²) in [7, 11) is 4.85. The summed E-state index contributed by atoms with van der Waals surface area (Å²) in [6.45, 7) is 1.56. The molecule has 170 valence electrons. The number of hydrogen-bond acceptors (Lipinski definition) is 5. The van der Waals surface area contributed by atoms with Gasteiger partial charge in [0, 0.05) is 16.6 Å². The fraction of sp³-hybridized carbons (Fsp3) is 0.280. The quantitative estimate of drug-likeness (QED) is 0.349. The van der Waals surface area contributed by atoms with E-state index in [0.717, 1.165) is 40.1 Å². The minimum absolute atomic E-state index is 0.123. The first-order chi connectivity index (χ1) is 15.5. The van der Waals surface area contributed by atoms with E-state index in [1.54, 1.807) is 39.5 Å². The zero-order chi connectivity index (χ0) is 22.9. The number of hydrogen-bond donors (Lipinski definition) is 1. The molecule has 32 heavy (non-hydrogen) atoms. The molecule has 0 amide bonds. The van der Waals surface area contributed by atoms with Gasteiger partial charge in [-0.25, -0.2) is 4.39 Å². The van der Waals surface area contributed by atoms with Crippen molar-refractivity contribution in [1.29, 1.82) is 0 Å². The van der Waals surface area contributed by atoms with Crippen molar-refractivity contribution in [2.24, 2.45) is 0 Å². The van der Waals surface area contributed by atoms with Gasteiger partial charge in [-0.05, 0) is 54.4 Å². The van der Waals surface area contributed by atoms with E-state index in [1.807, 2.05) is 30.3 Å². The van der Waals surface area contributed by atoms with Crippen LogP contribution in [0.4, 0.5) is 4.39 Å². The first kappa shape index (κ1) is 23.9. The fourth-order valence-corrected chi connectivity index (χ4v) is 3.71. The van der Waals surface area contributed by atoms with E-state index in [9.17, 15) is 4.39 Å². The first-order valence-electron chi connectivity index (χ1n) is 10.2. The number of benzene rings is 3. The van der Waals surface area contributed by atoms with Gasteiger partial charge in [0.15, 0.2) is 23.0 Å². The Bertz CT molecular complexity index is 1040. The third-order valence-electron chi connectivity index (χ3n) is 5.03. The number of halogens is 2. The minimum atomic E-state index is -0.291. The lowest BCUT2D eigenvalue weighted by molar-refractivity contribution is 0.279. The van der Waals surface area contributed by atoms with Gasteiger partial charge >= 0.3 is 0 Å². The highest BCUT2D eigenvalue weighted by Gasteiger charge is 2.12. The number of methoxy groups -OCH3 is 3. The predicted molar refractivity (Wildman–Crippen MR) is 126 cm³/mol. The maximum atomic E-state index is 13.9. The van der Waals surface area contributed by atoms with Crippen LogP contribution < -0.4 is 24.3 Å². The lowest BCUT2D eigenvalue weighted by Crippen LogP contribution is -2.17. The monoisotopic (exact) mass is 503 g/mol. The van der Waals surface area contributed by atoms with Crippen molar-refractivity contribution in [1.82, 2.24) is 5.32 Å². The van der Waals surface area contributed by atoms with Crippen molar-refractivity contribution in [3.8, 4) is 23.0 Å². The highest BCUT2D eigenvalue weighted by Crippen LogP contribution is 2.34. The average molecular weight is 504 g/mol. The SMILES string of the molecule is COc1ccc(CCNCc2cc(OC)c(OCc3ccccc3F)cc2Br)cc1OC. The molecular weight excluding hydrogens is 477 g/mol. The maximum Gasteiger partial charge on any atom is 0.162 e. The Morgan fingerprint density at radius 3 is 2.25 bits per heavy atom. The van der Waals surface area contributed by atoms with Crippen molar-refractivity contribution in [2.45, 2.75) is 19.6 Å². The van der Waals surface area contributed by atoms with Crippen LogP contribution in [0.1, 0.15) is 16.7 Å². The molecule has 0 unspecified atom stereocenters. The van der Waals surface area contributed by atoms with E-state index in [0.29, 0.717) is 23.6 Å². The summed E-state index contributed by atoms with van der Waals surface area (Å²) in [5.41, 5.74) is 2.68. The van der Waals surface area contributed by atoms with Crippen molar-refractivity contribution in [2.75, 3.05) is 27.9 Å². The lowest BCUT2D eigenvalue weighted by atomic mass is 10.1. The normalized spacial score (nSPS) is 10.7. The molecule has 0 radical (unpaired) electrons. The van der Waals surface area contributed by atoms with Crippen LogP contribution in [-0.2, 0) is 19.6 Å².